The van der Waals surface area contributed by atoms with Gasteiger partial charge in [0.25, 0.3) is 0 Å². The number of hydrogen-bond donors (Lipinski definition) is 0. The summed E-state index contributed by atoms with van der Waals surface area (Å²) in [7, 11) is 0. The predicted molar refractivity (Wildman–Crippen MR) is 265 cm³/mol. The summed E-state index contributed by atoms with van der Waals surface area (Å²) in [5, 5.41) is 4.94. The Balaban J connectivity index is 1.18. The average Bonchev–Trinajstić information content (AvgIpc) is 3.37. The molecule has 0 unspecified atom stereocenters. The van der Waals surface area contributed by atoms with Gasteiger partial charge in [-0.25, -0.2) is 0 Å². The number of benzene rings is 11. The quantitative estimate of drug-likeness (QED) is 0.135. The van der Waals surface area contributed by atoms with E-state index in [1.165, 1.54) is 111 Å². The van der Waals surface area contributed by atoms with Crippen LogP contribution in [0.25, 0.3) is 111 Å². The van der Waals surface area contributed by atoms with Crippen LogP contribution in [0.1, 0.15) is 0 Å². The molecule has 0 N–H and O–H groups in total. The second kappa shape index (κ2) is 16.2. The number of rotatable bonds is 8. The molecule has 0 aliphatic heterocycles. The molecule has 0 heteroatoms. The van der Waals surface area contributed by atoms with Crippen LogP contribution in [-0.2, 0) is 0 Å². The fraction of sp³-hybridized carbons (Fsp3) is 0. The van der Waals surface area contributed by atoms with E-state index in [2.05, 4.69) is 255 Å². The molecule has 0 nitrogen and oxygen atoms in total. The predicted octanol–water partition coefficient (Wildman–Crippen LogP) is 17.3. The standard InChI is InChI=1S/C62H42/c1-7-19-43(20-8-1)51-35-52(44-21-9-2-10-22-44)38-55(37-51)49-31-33-57-58-34-32-50(56-39-53(45-23-11-3-12-24-45)36-54(40-56)46-25-13-4-14-26-46)42-60(58)62(48-29-17-6-18-30-48)61(59(57)41-49)47-27-15-5-16-28-47/h1-42H. The van der Waals surface area contributed by atoms with Crippen LogP contribution in [0.2, 0.25) is 0 Å². The van der Waals surface area contributed by atoms with Crippen LogP contribution in [0.15, 0.2) is 255 Å². The highest BCUT2D eigenvalue weighted by molar-refractivity contribution is 6.22. The normalized spacial score (nSPS) is 11.2. The third kappa shape index (κ3) is 7.08. The van der Waals surface area contributed by atoms with Gasteiger partial charge in [0.2, 0.25) is 0 Å². The molecule has 0 aromatic heterocycles. The molecule has 0 saturated heterocycles. The van der Waals surface area contributed by atoms with E-state index >= 15 is 0 Å². The molecule has 0 fully saturated rings. The van der Waals surface area contributed by atoms with Gasteiger partial charge in [-0.2, -0.15) is 0 Å². The van der Waals surface area contributed by atoms with E-state index < -0.39 is 0 Å². The second-order valence-electron chi connectivity index (χ2n) is 16.1. The fourth-order valence-electron chi connectivity index (χ4n) is 9.19. The first-order chi connectivity index (χ1) is 30.7. The van der Waals surface area contributed by atoms with Gasteiger partial charge in [-0.05, 0) is 159 Å². The Kier molecular flexibility index (Phi) is 9.65. The molecule has 0 bridgehead atoms. The first-order valence-corrected chi connectivity index (χ1v) is 21.4. The third-order valence-electron chi connectivity index (χ3n) is 12.2. The Morgan fingerprint density at radius 3 is 0.613 bits per heavy atom. The van der Waals surface area contributed by atoms with E-state index in [1.54, 1.807) is 0 Å². The second-order valence-corrected chi connectivity index (χ2v) is 16.1. The van der Waals surface area contributed by atoms with Crippen molar-refractivity contribution in [3.8, 4) is 89.0 Å². The lowest BCUT2D eigenvalue weighted by molar-refractivity contribution is 1.57. The van der Waals surface area contributed by atoms with Crippen molar-refractivity contribution in [1.29, 1.82) is 0 Å². The molecule has 62 heavy (non-hydrogen) atoms. The van der Waals surface area contributed by atoms with Gasteiger partial charge in [0.15, 0.2) is 0 Å². The lowest BCUT2D eigenvalue weighted by atomic mass is 9.83. The lowest BCUT2D eigenvalue weighted by Gasteiger charge is -2.21. The van der Waals surface area contributed by atoms with Crippen molar-refractivity contribution < 1.29 is 0 Å². The highest BCUT2D eigenvalue weighted by Crippen LogP contribution is 2.47. The zero-order chi connectivity index (χ0) is 41.2. The van der Waals surface area contributed by atoms with Crippen molar-refractivity contribution in [3.05, 3.63) is 255 Å². The monoisotopic (exact) mass is 786 g/mol. The van der Waals surface area contributed by atoms with Crippen LogP contribution in [0.4, 0.5) is 0 Å². The Hall–Kier alpha value is -8.06. The van der Waals surface area contributed by atoms with Gasteiger partial charge in [-0.15, -0.1) is 0 Å². The summed E-state index contributed by atoms with van der Waals surface area (Å²) in [4.78, 5) is 0. The van der Waals surface area contributed by atoms with E-state index in [4.69, 9.17) is 0 Å². The van der Waals surface area contributed by atoms with Crippen molar-refractivity contribution in [3.63, 3.8) is 0 Å². The fourth-order valence-corrected chi connectivity index (χ4v) is 9.19. The molecule has 0 saturated carbocycles. The van der Waals surface area contributed by atoms with Crippen molar-refractivity contribution in [1.82, 2.24) is 0 Å². The minimum atomic E-state index is 1.19. The largest absolute Gasteiger partial charge is 0.0622 e. The molecule has 290 valence electrons. The first-order valence-electron chi connectivity index (χ1n) is 21.4. The van der Waals surface area contributed by atoms with Crippen LogP contribution >= 0.6 is 0 Å². The number of fused-ring (bicyclic) bond motifs is 3. The topological polar surface area (TPSA) is 0 Å². The SMILES string of the molecule is c1ccc(-c2cc(-c3ccccc3)cc(-c3ccc4c(c3)c(-c3ccccc3)c(-c3ccccc3)c3cc(-c5cc(-c6ccccc6)cc(-c6ccccc6)c5)ccc34)c2)cc1. The van der Waals surface area contributed by atoms with E-state index in [0.717, 1.165) is 0 Å². The summed E-state index contributed by atoms with van der Waals surface area (Å²) < 4.78 is 0. The molecule has 0 radical (unpaired) electrons. The van der Waals surface area contributed by atoms with Gasteiger partial charge < -0.3 is 0 Å². The molecule has 0 aliphatic carbocycles. The smallest absolute Gasteiger partial charge is 0.00201 e. The molecular formula is C62H42. The van der Waals surface area contributed by atoms with Crippen molar-refractivity contribution in [2.75, 3.05) is 0 Å². The minimum absolute atomic E-state index is 1.19. The molecule has 0 spiro atoms. The van der Waals surface area contributed by atoms with E-state index in [-0.39, 0.29) is 0 Å². The maximum absolute atomic E-state index is 2.44. The van der Waals surface area contributed by atoms with Gasteiger partial charge in [0, 0.05) is 0 Å². The van der Waals surface area contributed by atoms with Crippen LogP contribution in [0.3, 0.4) is 0 Å². The highest BCUT2D eigenvalue weighted by atomic mass is 14.2. The van der Waals surface area contributed by atoms with Crippen LogP contribution in [0, 0.1) is 0 Å². The van der Waals surface area contributed by atoms with Crippen LogP contribution < -0.4 is 0 Å². The summed E-state index contributed by atoms with van der Waals surface area (Å²) in [6, 6.07) is 93.1. The van der Waals surface area contributed by atoms with Gasteiger partial charge in [-0.1, -0.05) is 206 Å². The van der Waals surface area contributed by atoms with E-state index in [0.29, 0.717) is 0 Å². The molecule has 11 aromatic carbocycles. The molecule has 11 rings (SSSR count). The molecule has 0 amide bonds. The van der Waals surface area contributed by atoms with Crippen molar-refractivity contribution in [2.24, 2.45) is 0 Å². The summed E-state index contributed by atoms with van der Waals surface area (Å²) in [6.07, 6.45) is 0. The molecule has 11 aromatic rings. The van der Waals surface area contributed by atoms with Crippen LogP contribution in [0.5, 0.6) is 0 Å². The lowest BCUT2D eigenvalue weighted by Crippen LogP contribution is -1.94. The van der Waals surface area contributed by atoms with Crippen molar-refractivity contribution in [2.45, 2.75) is 0 Å². The zero-order valence-corrected chi connectivity index (χ0v) is 34.2. The zero-order valence-electron chi connectivity index (χ0n) is 34.2. The Labute approximate surface area is 363 Å². The average molecular weight is 787 g/mol. The summed E-state index contributed by atoms with van der Waals surface area (Å²) in [6.45, 7) is 0. The Bertz CT molecular complexity index is 2990. The van der Waals surface area contributed by atoms with E-state index in [9.17, 15) is 0 Å². The van der Waals surface area contributed by atoms with Gasteiger partial charge in [-0.3, -0.25) is 0 Å². The summed E-state index contributed by atoms with van der Waals surface area (Å²) in [5.41, 5.74) is 19.2. The maximum atomic E-state index is 2.44. The van der Waals surface area contributed by atoms with Crippen molar-refractivity contribution >= 4 is 21.5 Å². The Morgan fingerprint density at radius 1 is 0.129 bits per heavy atom. The first kappa shape index (κ1) is 37.0. The van der Waals surface area contributed by atoms with Gasteiger partial charge in [0.1, 0.15) is 0 Å². The number of hydrogen-bond acceptors (Lipinski definition) is 0. The third-order valence-corrected chi connectivity index (χ3v) is 12.2. The molecule has 0 aliphatic rings. The summed E-state index contributed by atoms with van der Waals surface area (Å²) in [5.74, 6) is 0. The molecule has 0 atom stereocenters. The Morgan fingerprint density at radius 2 is 0.355 bits per heavy atom. The molecule has 0 heterocycles. The summed E-state index contributed by atoms with van der Waals surface area (Å²) >= 11 is 0. The van der Waals surface area contributed by atoms with E-state index in [1.807, 2.05) is 0 Å². The van der Waals surface area contributed by atoms with Crippen LogP contribution in [-0.4, -0.2) is 0 Å². The minimum Gasteiger partial charge on any atom is -0.0622 e. The maximum Gasteiger partial charge on any atom is -0.00201 e. The van der Waals surface area contributed by atoms with Gasteiger partial charge >= 0.3 is 0 Å². The van der Waals surface area contributed by atoms with Gasteiger partial charge in [0.05, 0.1) is 0 Å². The highest BCUT2D eigenvalue weighted by Gasteiger charge is 2.20. The molecular weight excluding hydrogens is 745 g/mol.